The van der Waals surface area contributed by atoms with Gasteiger partial charge in [-0.2, -0.15) is 0 Å². The zero-order valence-electron chi connectivity index (χ0n) is 27.2. The minimum absolute atomic E-state index is 0.00770. The van der Waals surface area contributed by atoms with Gasteiger partial charge in [-0.25, -0.2) is 0 Å². The molecule has 0 atom stereocenters. The van der Waals surface area contributed by atoms with E-state index in [2.05, 4.69) is 82.1 Å². The number of benzene rings is 6. The maximum absolute atomic E-state index is 9.69. The Labute approximate surface area is 280 Å². The number of methoxy groups -OCH3 is 2. The van der Waals surface area contributed by atoms with E-state index < -0.39 is 0 Å². The molecular formula is C41H37N3O4. The molecule has 48 heavy (non-hydrogen) atoms. The van der Waals surface area contributed by atoms with Crippen LogP contribution in [0.5, 0.6) is 11.5 Å². The van der Waals surface area contributed by atoms with Crippen molar-refractivity contribution < 1.29 is 19.7 Å². The lowest BCUT2D eigenvalue weighted by molar-refractivity contribution is 0.281. The van der Waals surface area contributed by atoms with Crippen LogP contribution < -0.4 is 19.3 Å². The van der Waals surface area contributed by atoms with Crippen molar-refractivity contribution in [2.45, 2.75) is 13.2 Å². The number of aromatic nitrogens is 1. The second-order valence-corrected chi connectivity index (χ2v) is 11.7. The number of hydrogen-bond acceptors (Lipinski definition) is 6. The summed E-state index contributed by atoms with van der Waals surface area (Å²) in [6.45, 7) is -0.0154. The van der Waals surface area contributed by atoms with Gasteiger partial charge in [-0.15, -0.1) is 0 Å². The molecule has 7 heteroatoms. The van der Waals surface area contributed by atoms with Gasteiger partial charge in [-0.1, -0.05) is 24.3 Å². The van der Waals surface area contributed by atoms with Crippen LogP contribution in [0, 0.1) is 0 Å². The van der Waals surface area contributed by atoms with Crippen LogP contribution in [0.3, 0.4) is 0 Å². The summed E-state index contributed by atoms with van der Waals surface area (Å²) in [7, 11) is 5.44. The van der Waals surface area contributed by atoms with Crippen molar-refractivity contribution in [3.63, 3.8) is 0 Å². The fourth-order valence-corrected chi connectivity index (χ4v) is 6.33. The van der Waals surface area contributed by atoms with Gasteiger partial charge in [0.1, 0.15) is 11.5 Å². The lowest BCUT2D eigenvalue weighted by atomic mass is 10.1. The first-order valence-electron chi connectivity index (χ1n) is 15.8. The molecule has 0 saturated heterocycles. The number of ether oxygens (including phenoxy) is 2. The smallest absolute Gasteiger partial charge is 0.119 e. The van der Waals surface area contributed by atoms with Crippen LogP contribution in [0.2, 0.25) is 0 Å². The first-order chi connectivity index (χ1) is 23.5. The van der Waals surface area contributed by atoms with Gasteiger partial charge in [0.2, 0.25) is 0 Å². The second-order valence-electron chi connectivity index (χ2n) is 11.7. The van der Waals surface area contributed by atoms with Crippen molar-refractivity contribution in [3.05, 3.63) is 145 Å². The number of aliphatic hydroxyl groups excluding tert-OH is 2. The molecule has 240 valence electrons. The molecule has 0 radical (unpaired) electrons. The Morgan fingerprint density at radius 3 is 1.08 bits per heavy atom. The van der Waals surface area contributed by atoms with E-state index in [1.165, 1.54) is 0 Å². The number of anilines is 6. The molecule has 2 N–H and O–H groups in total. The van der Waals surface area contributed by atoms with E-state index in [1.807, 2.05) is 72.8 Å². The van der Waals surface area contributed by atoms with Crippen LogP contribution in [-0.4, -0.2) is 29.0 Å². The van der Waals surface area contributed by atoms with Crippen molar-refractivity contribution in [2.75, 3.05) is 24.0 Å². The summed E-state index contributed by atoms with van der Waals surface area (Å²) in [5.41, 5.74) is 9.93. The minimum atomic E-state index is -0.00770. The summed E-state index contributed by atoms with van der Waals surface area (Å²) in [6.07, 6.45) is 0. The highest BCUT2D eigenvalue weighted by atomic mass is 16.5. The normalized spacial score (nSPS) is 11.2. The summed E-state index contributed by atoms with van der Waals surface area (Å²) in [4.78, 5) is 4.43. The molecule has 7 rings (SSSR count). The molecular weight excluding hydrogens is 598 g/mol. The Kier molecular flexibility index (Phi) is 8.46. The Balaban J connectivity index is 1.40. The lowest BCUT2D eigenvalue weighted by Gasteiger charge is -2.26. The molecule has 6 aromatic carbocycles. The largest absolute Gasteiger partial charge is 0.497 e. The molecule has 0 aliphatic carbocycles. The molecule has 0 saturated carbocycles. The first kappa shape index (κ1) is 30.9. The average Bonchev–Trinajstić information content (AvgIpc) is 3.43. The Morgan fingerprint density at radius 1 is 0.458 bits per heavy atom. The van der Waals surface area contributed by atoms with Crippen LogP contribution in [-0.2, 0) is 20.3 Å². The highest BCUT2D eigenvalue weighted by molar-refractivity contribution is 6.11. The van der Waals surface area contributed by atoms with E-state index in [0.717, 1.165) is 78.6 Å². The second kappa shape index (κ2) is 13.2. The predicted octanol–water partition coefficient (Wildman–Crippen LogP) is 9.27. The van der Waals surface area contributed by atoms with Gasteiger partial charge < -0.3 is 34.1 Å². The molecule has 0 amide bonds. The molecule has 0 aliphatic rings. The Morgan fingerprint density at radius 2 is 0.771 bits per heavy atom. The molecule has 0 fully saturated rings. The fraction of sp³-hybridized carbons (Fsp3) is 0.122. The number of aliphatic hydroxyl groups is 2. The summed E-state index contributed by atoms with van der Waals surface area (Å²) in [6, 6.07) is 45.2. The SMILES string of the molecule is COc1ccc(N(c2ccc(CO)cc2)c2ccc3c(c2)c2cc(N(c4ccc(CO)cc4)c4ccc(OC)cc4)ccc2n3C)cc1. The quantitative estimate of drug-likeness (QED) is 0.156. The molecule has 7 nitrogen and oxygen atoms in total. The molecule has 0 unspecified atom stereocenters. The zero-order chi connectivity index (χ0) is 33.2. The van der Waals surface area contributed by atoms with Gasteiger partial charge in [0.15, 0.2) is 0 Å². The fourth-order valence-electron chi connectivity index (χ4n) is 6.33. The van der Waals surface area contributed by atoms with Gasteiger partial charge in [0, 0.05) is 63.0 Å². The zero-order valence-corrected chi connectivity index (χ0v) is 27.2. The first-order valence-corrected chi connectivity index (χ1v) is 15.8. The molecule has 0 aliphatic heterocycles. The minimum Gasteiger partial charge on any atom is -0.497 e. The summed E-state index contributed by atoms with van der Waals surface area (Å²) in [5, 5.41) is 21.6. The van der Waals surface area contributed by atoms with Crippen LogP contribution in [0.25, 0.3) is 21.8 Å². The van der Waals surface area contributed by atoms with Crippen LogP contribution >= 0.6 is 0 Å². The number of hydrogen-bond donors (Lipinski definition) is 2. The van der Waals surface area contributed by atoms with Gasteiger partial charge in [0.25, 0.3) is 0 Å². The number of fused-ring (bicyclic) bond motifs is 3. The molecule has 0 bridgehead atoms. The molecule has 0 spiro atoms. The van der Waals surface area contributed by atoms with Crippen LogP contribution in [0.15, 0.2) is 133 Å². The monoisotopic (exact) mass is 635 g/mol. The van der Waals surface area contributed by atoms with E-state index in [0.29, 0.717) is 0 Å². The van der Waals surface area contributed by atoms with Gasteiger partial charge >= 0.3 is 0 Å². The van der Waals surface area contributed by atoms with E-state index in [-0.39, 0.29) is 13.2 Å². The van der Waals surface area contributed by atoms with E-state index in [1.54, 1.807) is 14.2 Å². The van der Waals surface area contributed by atoms with Crippen molar-refractivity contribution in [2.24, 2.45) is 7.05 Å². The van der Waals surface area contributed by atoms with Gasteiger partial charge in [-0.05, 0) is 120 Å². The summed E-state index contributed by atoms with van der Waals surface area (Å²) < 4.78 is 13.1. The van der Waals surface area contributed by atoms with Crippen molar-refractivity contribution in [1.82, 2.24) is 4.57 Å². The van der Waals surface area contributed by atoms with E-state index >= 15 is 0 Å². The van der Waals surface area contributed by atoms with Crippen LogP contribution in [0.1, 0.15) is 11.1 Å². The van der Waals surface area contributed by atoms with Gasteiger partial charge in [-0.3, -0.25) is 0 Å². The maximum Gasteiger partial charge on any atom is 0.119 e. The topological polar surface area (TPSA) is 70.3 Å². The summed E-state index contributed by atoms with van der Waals surface area (Å²) in [5.74, 6) is 1.58. The molecule has 1 aromatic heterocycles. The van der Waals surface area contributed by atoms with Gasteiger partial charge in [0.05, 0.1) is 27.4 Å². The highest BCUT2D eigenvalue weighted by Gasteiger charge is 2.19. The van der Waals surface area contributed by atoms with Crippen molar-refractivity contribution in [3.8, 4) is 11.5 Å². The Bertz CT molecular complexity index is 1920. The van der Waals surface area contributed by atoms with E-state index in [4.69, 9.17) is 9.47 Å². The predicted molar refractivity (Wildman–Crippen MR) is 195 cm³/mol. The average molecular weight is 636 g/mol. The lowest BCUT2D eigenvalue weighted by Crippen LogP contribution is -2.10. The van der Waals surface area contributed by atoms with Crippen molar-refractivity contribution >= 4 is 55.9 Å². The van der Waals surface area contributed by atoms with E-state index in [9.17, 15) is 10.2 Å². The third kappa shape index (κ3) is 5.70. The molecule has 7 aromatic rings. The highest BCUT2D eigenvalue weighted by Crippen LogP contribution is 2.42. The van der Waals surface area contributed by atoms with Crippen LogP contribution in [0.4, 0.5) is 34.1 Å². The number of aryl methyl sites for hydroxylation is 1. The molecule has 1 heterocycles. The number of rotatable bonds is 10. The third-order valence-electron chi connectivity index (χ3n) is 8.91. The standard InChI is InChI=1S/C41H37N3O4/c1-42-40-22-16-34(43(30-8-4-28(26-45)5-9-30)32-12-18-36(47-2)19-13-32)24-38(40)39-25-35(17-23-41(39)42)44(31-10-6-29(27-46)7-11-31)33-14-20-37(48-3)21-15-33/h4-25,45-46H,26-27H2,1-3H3. The maximum atomic E-state index is 9.69. The number of nitrogens with zero attached hydrogens (tertiary/aromatic N) is 3. The third-order valence-corrected chi connectivity index (χ3v) is 8.91. The Hall–Kier alpha value is -5.76. The van der Waals surface area contributed by atoms with Crippen molar-refractivity contribution in [1.29, 1.82) is 0 Å². The summed E-state index contributed by atoms with van der Waals surface area (Å²) >= 11 is 0.